The Hall–Kier alpha value is -1.92. The smallest absolute Gasteiger partial charge is 0.242 e. The highest BCUT2D eigenvalue weighted by Crippen LogP contribution is 2.00. The molecule has 3 atom stereocenters. The lowest BCUT2D eigenvalue weighted by Crippen LogP contribution is -2.53. The Labute approximate surface area is 144 Å². The minimum absolute atomic E-state index is 0.00949. The molecule has 0 aliphatic carbocycles. The van der Waals surface area contributed by atoms with Gasteiger partial charge in [-0.05, 0) is 40.0 Å². The molecule has 0 saturated carbocycles. The highest BCUT2D eigenvalue weighted by atomic mass is 16.2. The lowest BCUT2D eigenvalue weighted by Gasteiger charge is -2.22. The van der Waals surface area contributed by atoms with Crippen LogP contribution < -0.4 is 16.0 Å². The fraction of sp³-hybridized carbons (Fsp3) is 0.765. The number of nitrogens with one attached hydrogen (secondary N) is 3. The average Bonchev–Trinajstić information content (AvgIpc) is 2.46. The lowest BCUT2D eigenvalue weighted by molar-refractivity contribution is -0.131. The molecule has 7 nitrogen and oxygen atoms in total. The molecule has 24 heavy (non-hydrogen) atoms. The van der Waals surface area contributed by atoms with Crippen LogP contribution in [0.5, 0.6) is 0 Å². The molecule has 0 bridgehead atoms. The first-order valence-electron chi connectivity index (χ1n) is 8.44. The summed E-state index contributed by atoms with van der Waals surface area (Å²) in [5.74, 6) is -0.641. The van der Waals surface area contributed by atoms with E-state index in [4.69, 9.17) is 0 Å². The minimum atomic E-state index is -0.743. The fourth-order valence-electron chi connectivity index (χ4n) is 1.80. The van der Waals surface area contributed by atoms with Crippen LogP contribution in [-0.4, -0.2) is 41.6 Å². The van der Waals surface area contributed by atoms with Crippen molar-refractivity contribution in [1.82, 2.24) is 16.0 Å². The standard InChI is InChI=1S/C17H31N3O4/c1-10(2)12(4)19-17(24)14(6)20-16(23)13(5)18-15(22)9-7-8-11(3)21/h10,12-14H,7-9H2,1-6H3,(H,18,22)(H,19,24)(H,20,23). The third-order valence-corrected chi connectivity index (χ3v) is 3.83. The molecule has 0 aliphatic heterocycles. The number of hydrogen-bond acceptors (Lipinski definition) is 4. The Balaban J connectivity index is 4.26. The van der Waals surface area contributed by atoms with Gasteiger partial charge < -0.3 is 20.7 Å². The summed E-state index contributed by atoms with van der Waals surface area (Å²) in [6.07, 6.45) is 1.000. The molecule has 3 unspecified atom stereocenters. The predicted octanol–water partition coefficient (Wildman–Crippen LogP) is 0.916. The zero-order valence-electron chi connectivity index (χ0n) is 15.6. The molecular weight excluding hydrogens is 310 g/mol. The SMILES string of the molecule is CC(=O)CCCC(=O)NC(C)C(=O)NC(C)C(=O)NC(C)C(C)C. The van der Waals surface area contributed by atoms with E-state index in [1.165, 1.54) is 6.92 Å². The summed E-state index contributed by atoms with van der Waals surface area (Å²) in [6.45, 7) is 10.5. The van der Waals surface area contributed by atoms with E-state index < -0.39 is 18.0 Å². The first kappa shape index (κ1) is 22.1. The van der Waals surface area contributed by atoms with E-state index >= 15 is 0 Å². The third kappa shape index (κ3) is 9.27. The van der Waals surface area contributed by atoms with Crippen molar-refractivity contribution in [2.45, 2.75) is 78.9 Å². The zero-order chi connectivity index (χ0) is 18.9. The molecule has 0 rings (SSSR count). The van der Waals surface area contributed by atoms with Crippen molar-refractivity contribution in [3.63, 3.8) is 0 Å². The summed E-state index contributed by atoms with van der Waals surface area (Å²) in [4.78, 5) is 46.6. The number of amides is 3. The number of rotatable bonds is 10. The second kappa shape index (κ2) is 10.8. The van der Waals surface area contributed by atoms with Crippen LogP contribution in [0.2, 0.25) is 0 Å². The number of ketones is 1. The maximum Gasteiger partial charge on any atom is 0.242 e. The molecule has 0 aromatic heterocycles. The predicted molar refractivity (Wildman–Crippen MR) is 92.2 cm³/mol. The fourth-order valence-corrected chi connectivity index (χ4v) is 1.80. The topological polar surface area (TPSA) is 104 Å². The van der Waals surface area contributed by atoms with Crippen molar-refractivity contribution in [2.75, 3.05) is 0 Å². The Morgan fingerprint density at radius 1 is 0.750 bits per heavy atom. The van der Waals surface area contributed by atoms with Crippen molar-refractivity contribution in [2.24, 2.45) is 5.92 Å². The van der Waals surface area contributed by atoms with Gasteiger partial charge in [0.25, 0.3) is 0 Å². The van der Waals surface area contributed by atoms with Crippen LogP contribution in [0.1, 0.15) is 60.8 Å². The van der Waals surface area contributed by atoms with Crippen molar-refractivity contribution in [3.8, 4) is 0 Å². The maximum absolute atomic E-state index is 12.0. The van der Waals surface area contributed by atoms with E-state index in [0.29, 0.717) is 18.8 Å². The summed E-state index contributed by atoms with van der Waals surface area (Å²) in [7, 11) is 0. The Bertz CT molecular complexity index is 463. The van der Waals surface area contributed by atoms with E-state index in [9.17, 15) is 19.2 Å². The van der Waals surface area contributed by atoms with Crippen LogP contribution in [0.15, 0.2) is 0 Å². The summed E-state index contributed by atoms with van der Waals surface area (Å²) >= 11 is 0. The van der Waals surface area contributed by atoms with Gasteiger partial charge in [-0.25, -0.2) is 0 Å². The van der Waals surface area contributed by atoms with Crippen LogP contribution in [-0.2, 0) is 19.2 Å². The van der Waals surface area contributed by atoms with E-state index in [1.807, 2.05) is 20.8 Å². The first-order chi connectivity index (χ1) is 11.0. The maximum atomic E-state index is 12.0. The summed E-state index contributed by atoms with van der Waals surface area (Å²) in [5.41, 5.74) is 0. The van der Waals surface area contributed by atoms with E-state index in [1.54, 1.807) is 13.8 Å². The number of carbonyl (C=O) groups is 4. The van der Waals surface area contributed by atoms with Crippen LogP contribution >= 0.6 is 0 Å². The molecule has 0 fully saturated rings. The monoisotopic (exact) mass is 341 g/mol. The normalized spacial score (nSPS) is 14.5. The Morgan fingerprint density at radius 2 is 1.25 bits per heavy atom. The lowest BCUT2D eigenvalue weighted by atomic mass is 10.1. The van der Waals surface area contributed by atoms with Gasteiger partial charge in [0.2, 0.25) is 17.7 Å². The molecule has 3 amide bonds. The van der Waals surface area contributed by atoms with E-state index in [0.717, 1.165) is 0 Å². The largest absolute Gasteiger partial charge is 0.352 e. The van der Waals surface area contributed by atoms with Crippen LogP contribution in [0.25, 0.3) is 0 Å². The van der Waals surface area contributed by atoms with Gasteiger partial charge in [0, 0.05) is 18.9 Å². The second-order valence-corrected chi connectivity index (χ2v) is 6.62. The van der Waals surface area contributed by atoms with Gasteiger partial charge >= 0.3 is 0 Å². The Kier molecular flexibility index (Phi) is 9.92. The van der Waals surface area contributed by atoms with Gasteiger partial charge in [-0.15, -0.1) is 0 Å². The number of carbonyl (C=O) groups excluding carboxylic acids is 4. The number of hydrogen-bond donors (Lipinski definition) is 3. The molecule has 0 aliphatic rings. The highest BCUT2D eigenvalue weighted by molar-refractivity contribution is 5.91. The molecule has 3 N–H and O–H groups in total. The molecule has 0 saturated heterocycles. The van der Waals surface area contributed by atoms with Gasteiger partial charge in [-0.2, -0.15) is 0 Å². The van der Waals surface area contributed by atoms with Gasteiger partial charge in [0.05, 0.1) is 0 Å². The zero-order valence-corrected chi connectivity index (χ0v) is 15.6. The van der Waals surface area contributed by atoms with E-state index in [2.05, 4.69) is 16.0 Å². The molecule has 0 aromatic carbocycles. The summed E-state index contributed by atoms with van der Waals surface area (Å²) in [6, 6.07) is -1.42. The van der Waals surface area contributed by atoms with Crippen molar-refractivity contribution in [3.05, 3.63) is 0 Å². The molecule has 0 heterocycles. The quantitative estimate of drug-likeness (QED) is 0.549. The molecule has 0 spiro atoms. The van der Waals surface area contributed by atoms with Gasteiger partial charge in [0.15, 0.2) is 0 Å². The first-order valence-corrected chi connectivity index (χ1v) is 8.44. The van der Waals surface area contributed by atoms with Gasteiger partial charge in [-0.3, -0.25) is 14.4 Å². The van der Waals surface area contributed by atoms with Gasteiger partial charge in [0.1, 0.15) is 17.9 Å². The van der Waals surface area contributed by atoms with Crippen molar-refractivity contribution < 1.29 is 19.2 Å². The average molecular weight is 341 g/mol. The van der Waals surface area contributed by atoms with E-state index in [-0.39, 0.29) is 30.1 Å². The van der Waals surface area contributed by atoms with Crippen LogP contribution in [0.3, 0.4) is 0 Å². The molecular formula is C17H31N3O4. The minimum Gasteiger partial charge on any atom is -0.352 e. The van der Waals surface area contributed by atoms with Crippen molar-refractivity contribution in [1.29, 1.82) is 0 Å². The summed E-state index contributed by atoms with van der Waals surface area (Å²) in [5, 5.41) is 7.98. The summed E-state index contributed by atoms with van der Waals surface area (Å²) < 4.78 is 0. The van der Waals surface area contributed by atoms with Gasteiger partial charge in [-0.1, -0.05) is 13.8 Å². The number of Topliss-reactive ketones (excluding diaryl/α,β-unsaturated/α-hetero) is 1. The highest BCUT2D eigenvalue weighted by Gasteiger charge is 2.22. The second-order valence-electron chi connectivity index (χ2n) is 6.62. The third-order valence-electron chi connectivity index (χ3n) is 3.83. The molecule has 7 heteroatoms. The molecule has 0 radical (unpaired) electrons. The molecule has 0 aromatic rings. The van der Waals surface area contributed by atoms with Crippen LogP contribution in [0, 0.1) is 5.92 Å². The van der Waals surface area contributed by atoms with Crippen LogP contribution in [0.4, 0.5) is 0 Å². The Morgan fingerprint density at radius 3 is 1.75 bits per heavy atom. The van der Waals surface area contributed by atoms with Crippen molar-refractivity contribution >= 4 is 23.5 Å². The molecule has 138 valence electrons.